The summed E-state index contributed by atoms with van der Waals surface area (Å²) in [6, 6.07) is 12.8. The molecule has 11 heteroatoms. The lowest BCUT2D eigenvalue weighted by Gasteiger charge is -2.32. The van der Waals surface area contributed by atoms with Gasteiger partial charge in [0.2, 0.25) is 5.91 Å². The first-order valence-corrected chi connectivity index (χ1v) is 15.9. The molecule has 2 aliphatic heterocycles. The zero-order valence-corrected chi connectivity index (χ0v) is 27.9. The minimum Gasteiger partial charge on any atom is -0.489 e. The van der Waals surface area contributed by atoms with E-state index in [4.69, 9.17) is 19.9 Å². The molecular formula is C35H48N4O7. The summed E-state index contributed by atoms with van der Waals surface area (Å²) < 4.78 is 16.8. The fraction of sp³-hybridized carbons (Fsp3) is 0.543. The molecule has 0 aliphatic carbocycles. The lowest BCUT2D eigenvalue weighted by atomic mass is 10.0. The molecule has 0 spiro atoms. The summed E-state index contributed by atoms with van der Waals surface area (Å²) in [6.07, 6.45) is 1.47. The highest BCUT2D eigenvalue weighted by molar-refractivity contribution is 6.01. The maximum atomic E-state index is 13.1. The summed E-state index contributed by atoms with van der Waals surface area (Å²) in [5, 5.41) is 2.98. The van der Waals surface area contributed by atoms with Gasteiger partial charge in [0.25, 0.3) is 5.91 Å². The Morgan fingerprint density at radius 2 is 1.57 bits per heavy atom. The smallest absolute Gasteiger partial charge is 0.407 e. The summed E-state index contributed by atoms with van der Waals surface area (Å²) in [7, 11) is 0. The topological polar surface area (TPSA) is 140 Å². The Hall–Kier alpha value is -4.12. The van der Waals surface area contributed by atoms with E-state index in [1.165, 1.54) is 10.5 Å². The van der Waals surface area contributed by atoms with Crippen molar-refractivity contribution in [2.45, 2.75) is 110 Å². The first-order valence-electron chi connectivity index (χ1n) is 15.9. The maximum Gasteiger partial charge on any atom is 0.407 e. The number of likely N-dealkylation sites (tertiary alicyclic amines) is 1. The lowest BCUT2D eigenvalue weighted by molar-refractivity contribution is -0.155. The molecule has 0 saturated carbocycles. The zero-order chi connectivity index (χ0) is 33.6. The van der Waals surface area contributed by atoms with Gasteiger partial charge in [0.05, 0.1) is 0 Å². The number of rotatable bonds is 11. The van der Waals surface area contributed by atoms with Gasteiger partial charge in [0.1, 0.15) is 29.6 Å². The molecule has 46 heavy (non-hydrogen) atoms. The number of ether oxygens (including phenoxy) is 3. The normalized spacial score (nSPS) is 16.5. The van der Waals surface area contributed by atoms with Crippen molar-refractivity contribution >= 4 is 23.9 Å². The van der Waals surface area contributed by atoms with Gasteiger partial charge >= 0.3 is 12.1 Å². The zero-order valence-electron chi connectivity index (χ0n) is 27.9. The monoisotopic (exact) mass is 636 g/mol. The van der Waals surface area contributed by atoms with Gasteiger partial charge in [0.15, 0.2) is 0 Å². The standard InChI is InChI=1S/C35H48N4O7/c1-34(2,3)45-30(40)14-13-29(31(36)41)39-21-25-19-27(11-12-28(25)32(39)42)44-22-24-9-7-23(8-10-24)20-38-17-15-26(16-18-38)37-33(43)46-35(4,5)6/h7-12,19,26,29H,13-18,20-22H2,1-6H3,(H2,36,41)(H,37,43). The molecule has 0 radical (unpaired) electrons. The highest BCUT2D eigenvalue weighted by atomic mass is 16.6. The molecule has 3 amide bonds. The van der Waals surface area contributed by atoms with E-state index in [2.05, 4.69) is 22.3 Å². The van der Waals surface area contributed by atoms with Crippen LogP contribution in [-0.4, -0.2) is 70.1 Å². The van der Waals surface area contributed by atoms with Gasteiger partial charge < -0.3 is 30.2 Å². The summed E-state index contributed by atoms with van der Waals surface area (Å²) in [5.41, 5.74) is 7.94. The maximum absolute atomic E-state index is 13.1. The number of nitrogens with zero attached hydrogens (tertiary/aromatic N) is 2. The predicted molar refractivity (Wildman–Crippen MR) is 173 cm³/mol. The molecule has 1 fully saturated rings. The van der Waals surface area contributed by atoms with E-state index in [1.54, 1.807) is 32.9 Å². The molecule has 11 nitrogen and oxygen atoms in total. The van der Waals surface area contributed by atoms with Gasteiger partial charge in [-0.25, -0.2) is 4.79 Å². The van der Waals surface area contributed by atoms with Crippen molar-refractivity contribution in [1.29, 1.82) is 0 Å². The fourth-order valence-electron chi connectivity index (χ4n) is 5.64. The van der Waals surface area contributed by atoms with Crippen molar-refractivity contribution in [1.82, 2.24) is 15.1 Å². The highest BCUT2D eigenvalue weighted by Gasteiger charge is 2.36. The Balaban J connectivity index is 1.24. The number of nitrogens with one attached hydrogen (secondary N) is 1. The third kappa shape index (κ3) is 10.2. The average molecular weight is 637 g/mol. The fourth-order valence-corrected chi connectivity index (χ4v) is 5.64. The van der Waals surface area contributed by atoms with Crippen LogP contribution < -0.4 is 15.8 Å². The Morgan fingerprint density at radius 1 is 0.935 bits per heavy atom. The van der Waals surface area contributed by atoms with Gasteiger partial charge in [0, 0.05) is 44.2 Å². The third-order valence-corrected chi connectivity index (χ3v) is 7.80. The van der Waals surface area contributed by atoms with Crippen LogP contribution in [0.1, 0.15) is 94.3 Å². The Labute approximate surface area is 271 Å². The molecule has 2 heterocycles. The highest BCUT2D eigenvalue weighted by Crippen LogP contribution is 2.30. The SMILES string of the molecule is CC(C)(C)OC(=O)CCC(C(N)=O)N1Cc2cc(OCc3ccc(CN4CCC(NC(=O)OC(C)(C)C)CC4)cc3)ccc2C1=O. The summed E-state index contributed by atoms with van der Waals surface area (Å²) in [4.78, 5) is 53.5. The number of hydrogen-bond donors (Lipinski definition) is 2. The van der Waals surface area contributed by atoms with Crippen LogP contribution in [0.15, 0.2) is 42.5 Å². The molecule has 2 aromatic carbocycles. The van der Waals surface area contributed by atoms with Crippen LogP contribution in [0.4, 0.5) is 4.79 Å². The first kappa shape index (κ1) is 34.7. The summed E-state index contributed by atoms with van der Waals surface area (Å²) >= 11 is 0. The third-order valence-electron chi connectivity index (χ3n) is 7.80. The first-order chi connectivity index (χ1) is 21.6. The van der Waals surface area contributed by atoms with Crippen LogP contribution in [0, 0.1) is 0 Å². The number of nitrogens with two attached hydrogens (primary N) is 1. The Kier molecular flexibility index (Phi) is 11.0. The molecule has 0 bridgehead atoms. The number of hydrogen-bond acceptors (Lipinski definition) is 8. The van der Waals surface area contributed by atoms with Crippen molar-refractivity contribution in [3.8, 4) is 5.75 Å². The van der Waals surface area contributed by atoms with Gasteiger partial charge in [-0.3, -0.25) is 19.3 Å². The van der Waals surface area contributed by atoms with Crippen LogP contribution in [-0.2, 0) is 38.8 Å². The number of primary amides is 1. The lowest BCUT2D eigenvalue weighted by Crippen LogP contribution is -2.45. The minimum absolute atomic E-state index is 0.0238. The van der Waals surface area contributed by atoms with Crippen LogP contribution in [0.25, 0.3) is 0 Å². The van der Waals surface area contributed by atoms with Crippen molar-refractivity contribution in [2.75, 3.05) is 13.1 Å². The number of amides is 3. The number of benzene rings is 2. The number of esters is 1. The molecule has 2 aliphatic rings. The molecule has 1 unspecified atom stereocenters. The molecule has 1 saturated heterocycles. The van der Waals surface area contributed by atoms with Crippen molar-refractivity contribution < 1.29 is 33.4 Å². The van der Waals surface area contributed by atoms with Gasteiger partial charge in [-0.1, -0.05) is 24.3 Å². The molecule has 250 valence electrons. The van der Waals surface area contributed by atoms with E-state index >= 15 is 0 Å². The number of carbonyl (C=O) groups is 4. The number of fused-ring (bicyclic) bond motifs is 1. The van der Waals surface area contributed by atoms with E-state index in [9.17, 15) is 19.2 Å². The summed E-state index contributed by atoms with van der Waals surface area (Å²) in [5.74, 6) is -0.788. The van der Waals surface area contributed by atoms with Crippen molar-refractivity contribution in [2.24, 2.45) is 5.73 Å². The molecule has 2 aromatic rings. The van der Waals surface area contributed by atoms with Crippen LogP contribution in [0.2, 0.25) is 0 Å². The Bertz CT molecular complexity index is 1400. The number of carbonyl (C=O) groups excluding carboxylic acids is 4. The van der Waals surface area contributed by atoms with E-state index < -0.39 is 29.1 Å². The minimum atomic E-state index is -0.921. The Morgan fingerprint density at radius 3 is 2.17 bits per heavy atom. The van der Waals surface area contributed by atoms with Crippen molar-refractivity contribution in [3.63, 3.8) is 0 Å². The van der Waals surface area contributed by atoms with Crippen LogP contribution >= 0.6 is 0 Å². The van der Waals surface area contributed by atoms with Gasteiger partial charge in [-0.2, -0.15) is 0 Å². The molecule has 1 atom stereocenters. The molecular weight excluding hydrogens is 588 g/mol. The quantitative estimate of drug-likeness (QED) is 0.339. The second kappa shape index (κ2) is 14.5. The van der Waals surface area contributed by atoms with E-state index in [-0.39, 0.29) is 37.4 Å². The van der Waals surface area contributed by atoms with Crippen LogP contribution in [0.5, 0.6) is 5.75 Å². The number of alkyl carbamates (subject to hydrolysis) is 1. The number of piperidine rings is 1. The van der Waals surface area contributed by atoms with Crippen molar-refractivity contribution in [3.05, 3.63) is 64.7 Å². The molecule has 3 N–H and O–H groups in total. The van der Waals surface area contributed by atoms with Gasteiger partial charge in [-0.15, -0.1) is 0 Å². The molecule has 0 aromatic heterocycles. The largest absolute Gasteiger partial charge is 0.489 e. The van der Waals surface area contributed by atoms with Gasteiger partial charge in [-0.05, 0) is 95.7 Å². The predicted octanol–water partition coefficient (Wildman–Crippen LogP) is 4.69. The van der Waals surface area contributed by atoms with E-state index in [0.717, 1.165) is 43.6 Å². The van der Waals surface area contributed by atoms with Crippen LogP contribution in [0.3, 0.4) is 0 Å². The van der Waals surface area contributed by atoms with E-state index in [0.29, 0.717) is 17.9 Å². The van der Waals surface area contributed by atoms with E-state index in [1.807, 2.05) is 39.0 Å². The molecule has 4 rings (SSSR count). The summed E-state index contributed by atoms with van der Waals surface area (Å²) in [6.45, 7) is 14.1. The second-order valence-electron chi connectivity index (χ2n) is 14.1. The second-order valence-corrected chi connectivity index (χ2v) is 14.1. The average Bonchev–Trinajstić information content (AvgIpc) is 3.26.